The van der Waals surface area contributed by atoms with E-state index in [4.69, 9.17) is 4.74 Å². The van der Waals surface area contributed by atoms with Gasteiger partial charge in [-0.25, -0.2) is 4.79 Å². The molecule has 1 aromatic heterocycles. The van der Waals surface area contributed by atoms with Crippen molar-refractivity contribution >= 4 is 16.9 Å². The molecule has 0 aliphatic heterocycles. The highest BCUT2D eigenvalue weighted by Crippen LogP contribution is 2.15. The van der Waals surface area contributed by atoms with Crippen LogP contribution in [0.2, 0.25) is 0 Å². The molecule has 4 nitrogen and oxygen atoms in total. The minimum Gasteiger partial charge on any atom is -0.464 e. The van der Waals surface area contributed by atoms with Crippen LogP contribution in [0.5, 0.6) is 0 Å². The van der Waals surface area contributed by atoms with Gasteiger partial charge in [0.25, 0.3) is 0 Å². The van der Waals surface area contributed by atoms with Crippen LogP contribution in [0.4, 0.5) is 0 Å². The van der Waals surface area contributed by atoms with Gasteiger partial charge < -0.3 is 9.30 Å². The normalized spacial score (nSPS) is 10.1. The molecule has 0 amide bonds. The predicted octanol–water partition coefficient (Wildman–Crippen LogP) is 2.72. The molecule has 0 aliphatic carbocycles. The van der Waals surface area contributed by atoms with Crippen molar-refractivity contribution in [1.29, 1.82) is 0 Å². The van der Waals surface area contributed by atoms with Gasteiger partial charge in [0.2, 0.25) is 5.43 Å². The predicted molar refractivity (Wildman–Crippen MR) is 93.0 cm³/mol. The summed E-state index contributed by atoms with van der Waals surface area (Å²) < 4.78 is 6.50. The van der Waals surface area contributed by atoms with Gasteiger partial charge >= 0.3 is 5.97 Å². The summed E-state index contributed by atoms with van der Waals surface area (Å²) in [4.78, 5) is 25.0. The zero-order chi connectivity index (χ0) is 17.1. The van der Waals surface area contributed by atoms with E-state index < -0.39 is 5.97 Å². The van der Waals surface area contributed by atoms with E-state index in [0.29, 0.717) is 10.9 Å². The van der Waals surface area contributed by atoms with Crippen molar-refractivity contribution < 1.29 is 9.53 Å². The van der Waals surface area contributed by atoms with Crippen molar-refractivity contribution in [3.05, 3.63) is 81.6 Å². The van der Waals surface area contributed by atoms with Crippen LogP contribution >= 0.6 is 0 Å². The van der Waals surface area contributed by atoms with Gasteiger partial charge in [-0.1, -0.05) is 42.2 Å². The highest BCUT2D eigenvalue weighted by Gasteiger charge is 2.20. The molecule has 0 N–H and O–H groups in total. The maximum atomic E-state index is 12.8. The number of para-hydroxylation sites is 1. The van der Waals surface area contributed by atoms with E-state index in [0.717, 1.165) is 5.56 Å². The zero-order valence-corrected chi connectivity index (χ0v) is 13.4. The van der Waals surface area contributed by atoms with Gasteiger partial charge in [0.15, 0.2) is 0 Å². The van der Waals surface area contributed by atoms with Gasteiger partial charge in [-0.05, 0) is 24.3 Å². The third-order valence-corrected chi connectivity index (χ3v) is 3.79. The number of ether oxygens (including phenoxy) is 1. The third-order valence-electron chi connectivity index (χ3n) is 3.79. The molecule has 0 radical (unpaired) electrons. The number of esters is 1. The Morgan fingerprint density at radius 3 is 2.38 bits per heavy atom. The minimum absolute atomic E-state index is 0.145. The molecule has 1 heterocycles. The topological polar surface area (TPSA) is 48.3 Å². The van der Waals surface area contributed by atoms with Crippen molar-refractivity contribution in [2.75, 3.05) is 7.11 Å². The van der Waals surface area contributed by atoms with Gasteiger partial charge in [-0.2, -0.15) is 0 Å². The first-order valence-electron chi connectivity index (χ1n) is 7.40. The standard InChI is InChI=1S/C20H15NO3/c1-21-17-11-7-6-10-15(17)19(22)16(18(21)20(23)24-2)13-12-14-8-4-3-5-9-14/h3-11H,1-2H3. The number of fused-ring (bicyclic) bond motifs is 1. The fourth-order valence-electron chi connectivity index (χ4n) is 2.60. The Hall–Kier alpha value is -3.32. The monoisotopic (exact) mass is 317 g/mol. The molecule has 118 valence electrons. The number of aryl methyl sites for hydroxylation is 1. The first kappa shape index (κ1) is 15.6. The number of hydrogen-bond donors (Lipinski definition) is 0. The Kier molecular flexibility index (Phi) is 4.17. The van der Waals surface area contributed by atoms with Gasteiger partial charge in [-0.3, -0.25) is 4.79 Å². The lowest BCUT2D eigenvalue weighted by atomic mass is 10.1. The second-order valence-corrected chi connectivity index (χ2v) is 5.24. The van der Waals surface area contributed by atoms with Gasteiger partial charge in [0.1, 0.15) is 11.3 Å². The lowest BCUT2D eigenvalue weighted by Crippen LogP contribution is -2.22. The van der Waals surface area contributed by atoms with E-state index in [1.807, 2.05) is 36.4 Å². The van der Waals surface area contributed by atoms with Crippen LogP contribution < -0.4 is 5.43 Å². The van der Waals surface area contributed by atoms with Crippen molar-refractivity contribution in [3.8, 4) is 11.8 Å². The molecule has 0 unspecified atom stereocenters. The van der Waals surface area contributed by atoms with Gasteiger partial charge in [-0.15, -0.1) is 0 Å². The van der Waals surface area contributed by atoms with E-state index in [1.165, 1.54) is 7.11 Å². The van der Waals surface area contributed by atoms with Crippen LogP contribution in [-0.2, 0) is 11.8 Å². The summed E-state index contributed by atoms with van der Waals surface area (Å²) >= 11 is 0. The number of carbonyl (C=O) groups excluding carboxylic acids is 1. The molecular formula is C20H15NO3. The average molecular weight is 317 g/mol. The largest absolute Gasteiger partial charge is 0.464 e. The third kappa shape index (κ3) is 2.68. The Labute approximate surface area is 139 Å². The summed E-state index contributed by atoms with van der Waals surface area (Å²) in [6.07, 6.45) is 0. The summed E-state index contributed by atoms with van der Waals surface area (Å²) in [7, 11) is 3.01. The Morgan fingerprint density at radius 1 is 1.00 bits per heavy atom. The van der Waals surface area contributed by atoms with E-state index >= 15 is 0 Å². The van der Waals surface area contributed by atoms with Crippen LogP contribution in [0.15, 0.2) is 59.4 Å². The first-order valence-corrected chi connectivity index (χ1v) is 7.40. The number of pyridine rings is 1. The molecule has 0 bridgehead atoms. The molecule has 4 heteroatoms. The van der Waals surface area contributed by atoms with E-state index in [2.05, 4.69) is 11.8 Å². The van der Waals surface area contributed by atoms with Crippen molar-refractivity contribution in [1.82, 2.24) is 4.57 Å². The van der Waals surface area contributed by atoms with Crippen LogP contribution in [0.3, 0.4) is 0 Å². The maximum Gasteiger partial charge on any atom is 0.356 e. The lowest BCUT2D eigenvalue weighted by molar-refractivity contribution is 0.0589. The number of rotatable bonds is 1. The van der Waals surface area contributed by atoms with Crippen LogP contribution in [-0.4, -0.2) is 17.6 Å². The quantitative estimate of drug-likeness (QED) is 0.512. The maximum absolute atomic E-state index is 12.8. The summed E-state index contributed by atoms with van der Waals surface area (Å²) in [5.74, 6) is 5.22. The molecule has 0 spiro atoms. The molecule has 0 saturated heterocycles. The van der Waals surface area contributed by atoms with Crippen LogP contribution in [0, 0.1) is 11.8 Å². The fraction of sp³-hybridized carbons (Fsp3) is 0.100. The summed E-state index contributed by atoms with van der Waals surface area (Å²) in [6, 6.07) is 16.4. The second-order valence-electron chi connectivity index (χ2n) is 5.24. The van der Waals surface area contributed by atoms with E-state index in [9.17, 15) is 9.59 Å². The highest BCUT2D eigenvalue weighted by molar-refractivity contribution is 5.95. The van der Waals surface area contributed by atoms with E-state index in [-0.39, 0.29) is 16.7 Å². The van der Waals surface area contributed by atoms with Crippen LogP contribution in [0.25, 0.3) is 10.9 Å². The average Bonchev–Trinajstić information content (AvgIpc) is 2.63. The zero-order valence-electron chi connectivity index (χ0n) is 13.4. The van der Waals surface area contributed by atoms with Gasteiger partial charge in [0, 0.05) is 18.0 Å². The minimum atomic E-state index is -0.585. The number of benzene rings is 2. The van der Waals surface area contributed by atoms with Crippen molar-refractivity contribution in [3.63, 3.8) is 0 Å². The smallest absolute Gasteiger partial charge is 0.356 e. The van der Waals surface area contributed by atoms with Gasteiger partial charge in [0.05, 0.1) is 12.6 Å². The second kappa shape index (κ2) is 6.43. The number of hydrogen-bond acceptors (Lipinski definition) is 3. The number of nitrogens with zero attached hydrogens (tertiary/aromatic N) is 1. The highest BCUT2D eigenvalue weighted by atomic mass is 16.5. The Bertz CT molecular complexity index is 1040. The SMILES string of the molecule is COC(=O)c1c(C#Cc2ccccc2)c(=O)c2ccccc2n1C. The Morgan fingerprint density at radius 2 is 1.67 bits per heavy atom. The lowest BCUT2D eigenvalue weighted by Gasteiger charge is -2.12. The molecule has 0 aliphatic rings. The number of methoxy groups -OCH3 is 1. The molecular weight excluding hydrogens is 302 g/mol. The van der Waals surface area contributed by atoms with Crippen molar-refractivity contribution in [2.45, 2.75) is 0 Å². The first-order chi connectivity index (χ1) is 11.6. The van der Waals surface area contributed by atoms with Crippen LogP contribution in [0.1, 0.15) is 21.6 Å². The number of aromatic nitrogens is 1. The Balaban J connectivity index is 2.34. The molecule has 3 aromatic rings. The van der Waals surface area contributed by atoms with E-state index in [1.54, 1.807) is 29.8 Å². The fourth-order valence-corrected chi connectivity index (χ4v) is 2.60. The molecule has 24 heavy (non-hydrogen) atoms. The summed E-state index contributed by atoms with van der Waals surface area (Å²) in [5.41, 5.74) is 1.46. The molecule has 0 saturated carbocycles. The molecule has 0 atom stereocenters. The summed E-state index contributed by atoms with van der Waals surface area (Å²) in [6.45, 7) is 0. The summed E-state index contributed by atoms with van der Waals surface area (Å²) in [5, 5.41) is 0.519. The number of carbonyl (C=O) groups is 1. The molecule has 3 rings (SSSR count). The molecule has 0 fully saturated rings. The van der Waals surface area contributed by atoms with Crippen molar-refractivity contribution in [2.24, 2.45) is 7.05 Å². The molecule has 2 aromatic carbocycles.